The zero-order valence-electron chi connectivity index (χ0n) is 16.7. The summed E-state index contributed by atoms with van der Waals surface area (Å²) in [6, 6.07) is 11.2. The summed E-state index contributed by atoms with van der Waals surface area (Å²) >= 11 is 0. The Morgan fingerprint density at radius 1 is 1.18 bits per heavy atom. The number of hydrogen-bond acceptors (Lipinski definition) is 5. The fraction of sp³-hybridized carbons (Fsp3) is 0.381. The Balaban J connectivity index is 1.86. The predicted octanol–water partition coefficient (Wildman–Crippen LogP) is 3.42. The van der Waals surface area contributed by atoms with Crippen LogP contribution in [0.1, 0.15) is 31.1 Å². The van der Waals surface area contributed by atoms with Gasteiger partial charge in [0.1, 0.15) is 0 Å². The van der Waals surface area contributed by atoms with Gasteiger partial charge in [-0.05, 0) is 38.2 Å². The van der Waals surface area contributed by atoms with E-state index in [1.807, 2.05) is 31.2 Å². The lowest BCUT2D eigenvalue weighted by Gasteiger charge is -2.19. The number of imidazole rings is 1. The van der Waals surface area contributed by atoms with Crippen molar-refractivity contribution in [2.75, 3.05) is 31.6 Å². The summed E-state index contributed by atoms with van der Waals surface area (Å²) in [4.78, 5) is 23.9. The van der Waals surface area contributed by atoms with E-state index in [1.165, 1.54) is 0 Å². The van der Waals surface area contributed by atoms with Crippen molar-refractivity contribution in [3.8, 4) is 5.88 Å². The highest BCUT2D eigenvalue weighted by molar-refractivity contribution is 6.04. The largest absolute Gasteiger partial charge is 0.478 e. The molecule has 0 aliphatic heterocycles. The number of carbonyl (C=O) groups excluding carboxylic acids is 1. The molecule has 0 aliphatic carbocycles. The minimum Gasteiger partial charge on any atom is -0.478 e. The molecule has 7 nitrogen and oxygen atoms in total. The lowest BCUT2D eigenvalue weighted by Crippen LogP contribution is -2.27. The van der Waals surface area contributed by atoms with Crippen LogP contribution >= 0.6 is 0 Å². The van der Waals surface area contributed by atoms with Crippen LogP contribution in [-0.2, 0) is 6.54 Å². The van der Waals surface area contributed by atoms with Crippen molar-refractivity contribution in [2.45, 2.75) is 27.3 Å². The fourth-order valence-corrected chi connectivity index (χ4v) is 3.13. The number of amides is 1. The third-order valence-electron chi connectivity index (χ3n) is 4.70. The molecule has 2 aromatic heterocycles. The molecule has 0 fully saturated rings. The Morgan fingerprint density at radius 2 is 1.96 bits per heavy atom. The van der Waals surface area contributed by atoms with Gasteiger partial charge in [0.05, 0.1) is 17.6 Å². The quantitative estimate of drug-likeness (QED) is 0.615. The van der Waals surface area contributed by atoms with Gasteiger partial charge in [-0.1, -0.05) is 26.0 Å². The highest BCUT2D eigenvalue weighted by Crippen LogP contribution is 2.20. The Bertz CT molecular complexity index is 933. The molecular formula is C21H27N5O2. The maximum absolute atomic E-state index is 12.8. The zero-order chi connectivity index (χ0) is 19.9. The second-order valence-corrected chi connectivity index (χ2v) is 6.37. The van der Waals surface area contributed by atoms with Crippen LogP contribution in [0.25, 0.3) is 11.0 Å². The first-order valence-corrected chi connectivity index (χ1v) is 9.74. The van der Waals surface area contributed by atoms with Crippen molar-refractivity contribution < 1.29 is 9.53 Å². The van der Waals surface area contributed by atoms with Gasteiger partial charge in [0.25, 0.3) is 5.91 Å². The van der Waals surface area contributed by atoms with Gasteiger partial charge in [0.2, 0.25) is 11.8 Å². The van der Waals surface area contributed by atoms with Gasteiger partial charge in [-0.2, -0.15) is 0 Å². The fourth-order valence-electron chi connectivity index (χ4n) is 3.13. The summed E-state index contributed by atoms with van der Waals surface area (Å²) < 4.78 is 7.46. The monoisotopic (exact) mass is 381 g/mol. The summed E-state index contributed by atoms with van der Waals surface area (Å²) in [5.74, 6) is 0.751. The Morgan fingerprint density at radius 3 is 2.71 bits per heavy atom. The topological polar surface area (TPSA) is 72.3 Å². The van der Waals surface area contributed by atoms with E-state index >= 15 is 0 Å². The van der Waals surface area contributed by atoms with Gasteiger partial charge in [-0.3, -0.25) is 10.1 Å². The highest BCUT2D eigenvalue weighted by Gasteiger charge is 2.15. The number of benzene rings is 1. The van der Waals surface area contributed by atoms with Gasteiger partial charge in [-0.25, -0.2) is 9.97 Å². The van der Waals surface area contributed by atoms with Gasteiger partial charge in [0.15, 0.2) is 0 Å². The first-order valence-electron chi connectivity index (χ1n) is 9.74. The number of anilines is 1. The van der Waals surface area contributed by atoms with E-state index in [0.29, 0.717) is 24.0 Å². The molecule has 0 radical (unpaired) electrons. The molecule has 0 atom stereocenters. The van der Waals surface area contributed by atoms with Crippen LogP contribution in [0.4, 0.5) is 5.95 Å². The van der Waals surface area contributed by atoms with Crippen LogP contribution in [-0.4, -0.2) is 51.6 Å². The Labute approximate surface area is 165 Å². The molecule has 0 saturated heterocycles. The summed E-state index contributed by atoms with van der Waals surface area (Å²) in [6.07, 6.45) is 1.57. The molecule has 0 unspecified atom stereocenters. The standard InChI is InChI=1S/C21H27N5O2/c1-4-25(5-2)13-14-26-18-10-8-7-9-17(18)23-21(26)24-20(27)16-11-12-22-19(15-16)28-6-3/h7-12,15H,4-6,13-14H2,1-3H3,(H,23,24,27). The number of aromatic nitrogens is 3. The van der Waals surface area contributed by atoms with Crippen molar-refractivity contribution in [3.63, 3.8) is 0 Å². The number of hydrogen-bond donors (Lipinski definition) is 1. The van der Waals surface area contributed by atoms with E-state index in [0.717, 1.165) is 37.2 Å². The molecule has 0 spiro atoms. The molecule has 3 rings (SSSR count). The summed E-state index contributed by atoms with van der Waals surface area (Å²) in [7, 11) is 0. The molecule has 0 saturated carbocycles. The van der Waals surface area contributed by atoms with Crippen LogP contribution < -0.4 is 10.1 Å². The number of ether oxygens (including phenoxy) is 1. The van der Waals surface area contributed by atoms with Gasteiger partial charge in [-0.15, -0.1) is 0 Å². The summed E-state index contributed by atoms with van der Waals surface area (Å²) in [6.45, 7) is 10.3. The van der Waals surface area contributed by atoms with Gasteiger partial charge >= 0.3 is 0 Å². The second-order valence-electron chi connectivity index (χ2n) is 6.37. The SMILES string of the molecule is CCOc1cc(C(=O)Nc2nc3ccccc3n2CCN(CC)CC)ccn1. The molecule has 28 heavy (non-hydrogen) atoms. The zero-order valence-corrected chi connectivity index (χ0v) is 16.7. The van der Waals surface area contributed by atoms with Crippen LogP contribution in [0.2, 0.25) is 0 Å². The molecule has 148 valence electrons. The van der Waals surface area contributed by atoms with Crippen molar-refractivity contribution in [1.29, 1.82) is 0 Å². The molecule has 2 heterocycles. The maximum Gasteiger partial charge on any atom is 0.258 e. The number of likely N-dealkylation sites (N-methyl/N-ethyl adjacent to an activating group) is 1. The average molecular weight is 381 g/mol. The Kier molecular flexibility index (Phi) is 6.60. The summed E-state index contributed by atoms with van der Waals surface area (Å²) in [5, 5.41) is 2.96. The maximum atomic E-state index is 12.8. The van der Waals surface area contributed by atoms with Crippen molar-refractivity contribution >= 4 is 22.9 Å². The van der Waals surface area contributed by atoms with Crippen molar-refractivity contribution in [2.24, 2.45) is 0 Å². The minimum atomic E-state index is -0.234. The predicted molar refractivity (Wildman–Crippen MR) is 111 cm³/mol. The molecule has 0 aliphatic rings. The number of carbonyl (C=O) groups is 1. The van der Waals surface area contributed by atoms with E-state index in [2.05, 4.69) is 38.6 Å². The minimum absolute atomic E-state index is 0.234. The van der Waals surface area contributed by atoms with Crippen LogP contribution in [0.3, 0.4) is 0 Å². The number of rotatable bonds is 9. The molecular weight excluding hydrogens is 354 g/mol. The van der Waals surface area contributed by atoms with Crippen molar-refractivity contribution in [1.82, 2.24) is 19.4 Å². The lowest BCUT2D eigenvalue weighted by atomic mass is 10.2. The highest BCUT2D eigenvalue weighted by atomic mass is 16.5. The van der Waals surface area contributed by atoms with E-state index in [1.54, 1.807) is 18.3 Å². The molecule has 7 heteroatoms. The van der Waals surface area contributed by atoms with E-state index in [4.69, 9.17) is 4.74 Å². The third kappa shape index (κ3) is 4.48. The molecule has 1 N–H and O–H groups in total. The smallest absolute Gasteiger partial charge is 0.258 e. The second kappa shape index (κ2) is 9.32. The van der Waals surface area contributed by atoms with Crippen LogP contribution in [0, 0.1) is 0 Å². The van der Waals surface area contributed by atoms with E-state index in [9.17, 15) is 4.79 Å². The van der Waals surface area contributed by atoms with Crippen LogP contribution in [0.15, 0.2) is 42.6 Å². The first kappa shape index (κ1) is 19.8. The van der Waals surface area contributed by atoms with Gasteiger partial charge < -0.3 is 14.2 Å². The summed E-state index contributed by atoms with van der Waals surface area (Å²) in [5.41, 5.74) is 2.36. The molecule has 1 aromatic carbocycles. The normalized spacial score (nSPS) is 11.1. The number of nitrogens with zero attached hydrogens (tertiary/aromatic N) is 4. The molecule has 0 bridgehead atoms. The average Bonchev–Trinajstić information content (AvgIpc) is 3.06. The third-order valence-corrected chi connectivity index (χ3v) is 4.70. The molecule has 3 aromatic rings. The molecule has 1 amide bonds. The Hall–Kier alpha value is -2.93. The van der Waals surface area contributed by atoms with Crippen LogP contribution in [0.5, 0.6) is 5.88 Å². The number of fused-ring (bicyclic) bond motifs is 1. The number of para-hydroxylation sites is 2. The van der Waals surface area contributed by atoms with Crippen molar-refractivity contribution in [3.05, 3.63) is 48.2 Å². The first-order chi connectivity index (χ1) is 13.7. The van der Waals surface area contributed by atoms with Gasteiger partial charge in [0, 0.05) is 30.9 Å². The van der Waals surface area contributed by atoms with E-state index in [-0.39, 0.29) is 5.91 Å². The number of nitrogens with one attached hydrogen (secondary N) is 1. The van der Waals surface area contributed by atoms with E-state index < -0.39 is 0 Å². The number of pyridine rings is 1. The lowest BCUT2D eigenvalue weighted by molar-refractivity contribution is 0.102.